The number of anilines is 1. The summed E-state index contributed by atoms with van der Waals surface area (Å²) >= 11 is 6.04. The first-order valence-electron chi connectivity index (χ1n) is 5.68. The second kappa shape index (κ2) is 5.27. The van der Waals surface area contributed by atoms with Crippen LogP contribution in [0, 0.1) is 13.8 Å². The van der Waals surface area contributed by atoms with Crippen LogP contribution >= 0.6 is 11.6 Å². The lowest BCUT2D eigenvalue weighted by Crippen LogP contribution is -2.03. The molecule has 94 valence electrons. The molecule has 0 aliphatic heterocycles. The first-order chi connectivity index (χ1) is 8.58. The molecule has 2 rings (SSSR count). The van der Waals surface area contributed by atoms with Gasteiger partial charge in [0.1, 0.15) is 18.2 Å². The van der Waals surface area contributed by atoms with Crippen molar-refractivity contribution in [2.75, 3.05) is 5.73 Å². The summed E-state index contributed by atoms with van der Waals surface area (Å²) < 4.78 is 5.79. The molecular weight excluding hydrogens is 248 g/mol. The van der Waals surface area contributed by atoms with Crippen molar-refractivity contribution in [2.24, 2.45) is 0 Å². The minimum absolute atomic E-state index is 0.315. The molecule has 0 unspecified atom stereocenters. The first-order valence-corrected chi connectivity index (χ1v) is 6.05. The van der Waals surface area contributed by atoms with Gasteiger partial charge in [0.25, 0.3) is 0 Å². The van der Waals surface area contributed by atoms with Crippen molar-refractivity contribution in [3.63, 3.8) is 0 Å². The third kappa shape index (κ3) is 2.74. The highest BCUT2D eigenvalue weighted by atomic mass is 35.5. The number of nitrogen functional groups attached to an aromatic ring is 1. The third-order valence-electron chi connectivity index (χ3n) is 2.70. The molecule has 3 nitrogen and oxygen atoms in total. The molecule has 4 heteroatoms. The van der Waals surface area contributed by atoms with Crippen molar-refractivity contribution in [3.05, 3.63) is 52.2 Å². The van der Waals surface area contributed by atoms with Crippen molar-refractivity contribution in [1.29, 1.82) is 0 Å². The maximum atomic E-state index is 6.04. The van der Waals surface area contributed by atoms with Gasteiger partial charge in [0, 0.05) is 0 Å². The zero-order valence-electron chi connectivity index (χ0n) is 10.4. The van der Waals surface area contributed by atoms with Crippen LogP contribution in [-0.4, -0.2) is 4.98 Å². The van der Waals surface area contributed by atoms with Crippen molar-refractivity contribution < 1.29 is 4.74 Å². The monoisotopic (exact) mass is 262 g/mol. The summed E-state index contributed by atoms with van der Waals surface area (Å²) in [5.74, 6) is 1.32. The van der Waals surface area contributed by atoms with Gasteiger partial charge in [0.15, 0.2) is 0 Å². The van der Waals surface area contributed by atoms with Gasteiger partial charge in [-0.25, -0.2) is 4.98 Å². The number of aryl methyl sites for hydroxylation is 2. The molecule has 0 amide bonds. The number of hydrogen-bond acceptors (Lipinski definition) is 3. The second-order valence-corrected chi connectivity index (χ2v) is 4.58. The molecule has 1 heterocycles. The Bertz CT molecular complexity index is 549. The van der Waals surface area contributed by atoms with Crippen molar-refractivity contribution in [1.82, 2.24) is 4.98 Å². The number of benzene rings is 1. The predicted molar refractivity (Wildman–Crippen MR) is 73.9 cm³/mol. The summed E-state index contributed by atoms with van der Waals surface area (Å²) in [6.07, 6.45) is 0. The number of nitrogens with two attached hydrogens (primary N) is 1. The fourth-order valence-corrected chi connectivity index (χ4v) is 1.93. The van der Waals surface area contributed by atoms with Gasteiger partial charge >= 0.3 is 0 Å². The van der Waals surface area contributed by atoms with Crippen molar-refractivity contribution >= 4 is 17.4 Å². The number of pyridine rings is 1. The molecular formula is C14H15ClN2O. The largest absolute Gasteiger partial charge is 0.487 e. The molecule has 0 saturated heterocycles. The van der Waals surface area contributed by atoms with Crippen LogP contribution in [-0.2, 0) is 6.61 Å². The fourth-order valence-electron chi connectivity index (χ4n) is 1.77. The highest BCUT2D eigenvalue weighted by Gasteiger charge is 2.07. The second-order valence-electron chi connectivity index (χ2n) is 4.17. The lowest BCUT2D eigenvalue weighted by molar-refractivity contribution is 0.297. The Labute approximate surface area is 112 Å². The topological polar surface area (TPSA) is 48.1 Å². The maximum Gasteiger partial charge on any atom is 0.132 e. The Morgan fingerprint density at radius 3 is 2.50 bits per heavy atom. The molecule has 0 spiro atoms. The SMILES string of the molecule is Cc1cccc(C)c1OCc1nc(N)ccc1Cl. The average Bonchev–Trinajstić information content (AvgIpc) is 2.33. The number of halogens is 1. The lowest BCUT2D eigenvalue weighted by atomic mass is 10.1. The summed E-state index contributed by atoms with van der Waals surface area (Å²) in [6, 6.07) is 9.43. The molecule has 18 heavy (non-hydrogen) atoms. The summed E-state index contributed by atoms with van der Waals surface area (Å²) in [5, 5.41) is 0.565. The standard InChI is InChI=1S/C14H15ClN2O/c1-9-4-3-5-10(2)14(9)18-8-12-11(15)6-7-13(16)17-12/h3-7H,8H2,1-2H3,(H2,16,17). The van der Waals surface area contributed by atoms with E-state index in [9.17, 15) is 0 Å². The van der Waals surface area contributed by atoms with E-state index in [2.05, 4.69) is 4.98 Å². The van der Waals surface area contributed by atoms with Gasteiger partial charge in [-0.1, -0.05) is 29.8 Å². The Morgan fingerprint density at radius 1 is 1.17 bits per heavy atom. The van der Waals surface area contributed by atoms with Crippen LogP contribution < -0.4 is 10.5 Å². The van der Waals surface area contributed by atoms with Crippen molar-refractivity contribution in [2.45, 2.75) is 20.5 Å². The predicted octanol–water partition coefficient (Wildman–Crippen LogP) is 3.51. The minimum atomic E-state index is 0.315. The van der Waals surface area contributed by atoms with Gasteiger partial charge in [-0.05, 0) is 37.1 Å². The van der Waals surface area contributed by atoms with E-state index in [1.54, 1.807) is 12.1 Å². The molecule has 0 aliphatic rings. The highest BCUT2D eigenvalue weighted by molar-refractivity contribution is 6.31. The van der Waals surface area contributed by atoms with E-state index in [1.807, 2.05) is 32.0 Å². The number of ether oxygens (including phenoxy) is 1. The molecule has 0 fully saturated rings. The first kappa shape index (κ1) is 12.7. The van der Waals surface area contributed by atoms with Crippen LogP contribution in [0.3, 0.4) is 0 Å². The van der Waals surface area contributed by atoms with Crippen LogP contribution in [0.25, 0.3) is 0 Å². The van der Waals surface area contributed by atoms with Gasteiger partial charge in [0.2, 0.25) is 0 Å². The number of rotatable bonds is 3. The van der Waals surface area contributed by atoms with E-state index in [4.69, 9.17) is 22.1 Å². The molecule has 0 saturated carbocycles. The van der Waals surface area contributed by atoms with Crippen LogP contribution in [0.4, 0.5) is 5.82 Å². The smallest absolute Gasteiger partial charge is 0.132 e. The summed E-state index contributed by atoms with van der Waals surface area (Å²) in [6.45, 7) is 4.34. The van der Waals surface area contributed by atoms with Gasteiger partial charge < -0.3 is 10.5 Å². The fraction of sp³-hybridized carbons (Fsp3) is 0.214. The molecule has 2 aromatic rings. The van der Waals surface area contributed by atoms with E-state index in [0.29, 0.717) is 23.1 Å². The zero-order valence-corrected chi connectivity index (χ0v) is 11.2. The Morgan fingerprint density at radius 2 is 1.83 bits per heavy atom. The van der Waals surface area contributed by atoms with Gasteiger partial charge in [0.05, 0.1) is 10.7 Å². The lowest BCUT2D eigenvalue weighted by Gasteiger charge is -2.12. The Hall–Kier alpha value is -1.74. The number of para-hydroxylation sites is 1. The molecule has 1 aromatic carbocycles. The van der Waals surface area contributed by atoms with E-state index >= 15 is 0 Å². The van der Waals surface area contributed by atoms with Crippen LogP contribution in [0.15, 0.2) is 30.3 Å². The molecule has 1 aromatic heterocycles. The molecule has 0 atom stereocenters. The van der Waals surface area contributed by atoms with E-state index in [1.165, 1.54) is 0 Å². The van der Waals surface area contributed by atoms with Crippen LogP contribution in [0.2, 0.25) is 5.02 Å². The summed E-state index contributed by atoms with van der Waals surface area (Å²) in [5.41, 5.74) is 8.47. The minimum Gasteiger partial charge on any atom is -0.487 e. The normalized spacial score (nSPS) is 10.4. The highest BCUT2D eigenvalue weighted by Crippen LogP contribution is 2.24. The molecule has 0 aliphatic carbocycles. The molecule has 0 bridgehead atoms. The van der Waals surface area contributed by atoms with Gasteiger partial charge in [-0.15, -0.1) is 0 Å². The quantitative estimate of drug-likeness (QED) is 0.921. The summed E-state index contributed by atoms with van der Waals surface area (Å²) in [4.78, 5) is 4.17. The number of aromatic nitrogens is 1. The van der Waals surface area contributed by atoms with Crippen molar-refractivity contribution in [3.8, 4) is 5.75 Å². The van der Waals surface area contributed by atoms with Gasteiger partial charge in [-0.3, -0.25) is 0 Å². The number of nitrogens with zero attached hydrogens (tertiary/aromatic N) is 1. The zero-order chi connectivity index (χ0) is 13.1. The molecule has 2 N–H and O–H groups in total. The van der Waals surface area contributed by atoms with E-state index in [-0.39, 0.29) is 0 Å². The number of hydrogen-bond donors (Lipinski definition) is 1. The van der Waals surface area contributed by atoms with Crippen LogP contribution in [0.5, 0.6) is 5.75 Å². The Kier molecular flexibility index (Phi) is 3.72. The summed E-state index contributed by atoms with van der Waals surface area (Å²) in [7, 11) is 0. The van der Waals surface area contributed by atoms with Gasteiger partial charge in [-0.2, -0.15) is 0 Å². The third-order valence-corrected chi connectivity index (χ3v) is 3.05. The van der Waals surface area contributed by atoms with E-state index < -0.39 is 0 Å². The maximum absolute atomic E-state index is 6.04. The Balaban J connectivity index is 2.19. The molecule has 0 radical (unpaired) electrons. The van der Waals surface area contributed by atoms with E-state index in [0.717, 1.165) is 16.9 Å². The van der Waals surface area contributed by atoms with Crippen LogP contribution in [0.1, 0.15) is 16.8 Å². The average molecular weight is 263 g/mol.